The Bertz CT molecular complexity index is 504. The smallest absolute Gasteiger partial charge is 0.130 e. The molecular formula is C17H29ClN2O. The van der Waals surface area contributed by atoms with Gasteiger partial charge in [0.2, 0.25) is 0 Å². The first-order valence-electron chi connectivity index (χ1n) is 8.03. The third-order valence-electron chi connectivity index (χ3n) is 5.15. The Morgan fingerprint density at radius 2 is 2.00 bits per heavy atom. The van der Waals surface area contributed by atoms with Crippen molar-refractivity contribution in [2.24, 2.45) is 18.4 Å². The van der Waals surface area contributed by atoms with Gasteiger partial charge < -0.3 is 5.11 Å². The van der Waals surface area contributed by atoms with Gasteiger partial charge in [-0.2, -0.15) is 5.10 Å². The second-order valence-corrected chi connectivity index (χ2v) is 8.23. The minimum absolute atomic E-state index is 0.327. The van der Waals surface area contributed by atoms with E-state index in [1.165, 1.54) is 6.42 Å². The van der Waals surface area contributed by atoms with Crippen molar-refractivity contribution in [2.75, 3.05) is 0 Å². The van der Waals surface area contributed by atoms with Crippen molar-refractivity contribution >= 4 is 11.6 Å². The van der Waals surface area contributed by atoms with Gasteiger partial charge >= 0.3 is 0 Å². The molecule has 3 nitrogen and oxygen atoms in total. The first-order valence-corrected chi connectivity index (χ1v) is 8.40. The van der Waals surface area contributed by atoms with E-state index in [4.69, 9.17) is 11.6 Å². The lowest BCUT2D eigenvalue weighted by Crippen LogP contribution is -2.31. The van der Waals surface area contributed by atoms with Crippen LogP contribution in [0.15, 0.2) is 0 Å². The van der Waals surface area contributed by atoms with Crippen molar-refractivity contribution in [3.05, 3.63) is 16.4 Å². The highest BCUT2D eigenvalue weighted by Gasteiger charge is 2.36. The van der Waals surface area contributed by atoms with Crippen molar-refractivity contribution < 1.29 is 5.11 Å². The molecule has 1 heterocycles. The number of aromatic nitrogens is 2. The van der Waals surface area contributed by atoms with Crippen LogP contribution in [0.2, 0.25) is 5.15 Å². The van der Waals surface area contributed by atoms with Crippen molar-refractivity contribution in [3.63, 3.8) is 0 Å². The molecule has 1 aliphatic carbocycles. The summed E-state index contributed by atoms with van der Waals surface area (Å²) in [6, 6.07) is 0. The average Bonchev–Trinajstić information content (AvgIpc) is 2.56. The molecule has 1 aromatic heterocycles. The molecule has 0 saturated heterocycles. The van der Waals surface area contributed by atoms with Crippen LogP contribution in [0.3, 0.4) is 0 Å². The van der Waals surface area contributed by atoms with Gasteiger partial charge in [-0.05, 0) is 43.9 Å². The van der Waals surface area contributed by atoms with E-state index >= 15 is 0 Å². The zero-order valence-electron chi connectivity index (χ0n) is 14.0. The van der Waals surface area contributed by atoms with Gasteiger partial charge in [-0.1, -0.05) is 38.8 Å². The number of nitrogens with zero attached hydrogens (tertiary/aromatic N) is 2. The number of aliphatic hydroxyl groups is 1. The lowest BCUT2D eigenvalue weighted by Gasteiger charge is -2.31. The van der Waals surface area contributed by atoms with Crippen LogP contribution >= 0.6 is 11.6 Å². The lowest BCUT2D eigenvalue weighted by atomic mass is 9.76. The van der Waals surface area contributed by atoms with Crippen LogP contribution in [0.4, 0.5) is 0 Å². The van der Waals surface area contributed by atoms with Crippen molar-refractivity contribution in [1.82, 2.24) is 9.78 Å². The van der Waals surface area contributed by atoms with Crippen LogP contribution in [0.1, 0.15) is 64.1 Å². The molecule has 21 heavy (non-hydrogen) atoms. The molecule has 0 aromatic carbocycles. The minimum Gasteiger partial charge on any atom is -0.390 e. The van der Waals surface area contributed by atoms with Crippen molar-refractivity contribution in [3.8, 4) is 0 Å². The van der Waals surface area contributed by atoms with Gasteiger partial charge in [-0.15, -0.1) is 0 Å². The molecule has 1 fully saturated rings. The van der Waals surface area contributed by atoms with E-state index in [-0.39, 0.29) is 0 Å². The number of halogens is 1. The second kappa shape index (κ2) is 5.92. The summed E-state index contributed by atoms with van der Waals surface area (Å²) < 4.78 is 1.70. The van der Waals surface area contributed by atoms with Crippen LogP contribution in [0.25, 0.3) is 0 Å². The van der Waals surface area contributed by atoms with Crippen LogP contribution in [0.5, 0.6) is 0 Å². The summed E-state index contributed by atoms with van der Waals surface area (Å²) in [5.41, 5.74) is 1.65. The van der Waals surface area contributed by atoms with Crippen molar-refractivity contribution in [1.29, 1.82) is 0 Å². The highest BCUT2D eigenvalue weighted by atomic mass is 35.5. The van der Waals surface area contributed by atoms with Gasteiger partial charge in [0.25, 0.3) is 0 Å². The van der Waals surface area contributed by atoms with Gasteiger partial charge in [0.05, 0.1) is 11.3 Å². The first-order chi connectivity index (χ1) is 9.62. The highest BCUT2D eigenvalue weighted by molar-refractivity contribution is 6.30. The maximum atomic E-state index is 11.1. The second-order valence-electron chi connectivity index (χ2n) is 7.87. The maximum absolute atomic E-state index is 11.1. The van der Waals surface area contributed by atoms with E-state index in [2.05, 4.69) is 25.9 Å². The predicted octanol–water partition coefficient (Wildman–Crippen LogP) is 4.28. The van der Waals surface area contributed by atoms with Crippen LogP contribution in [-0.4, -0.2) is 20.5 Å². The maximum Gasteiger partial charge on any atom is 0.130 e. The van der Waals surface area contributed by atoms with E-state index in [0.717, 1.165) is 36.9 Å². The molecule has 0 radical (unpaired) electrons. The third kappa shape index (κ3) is 3.81. The number of hydrogen-bond acceptors (Lipinski definition) is 2. The molecule has 2 atom stereocenters. The molecule has 1 saturated carbocycles. The predicted molar refractivity (Wildman–Crippen MR) is 87.6 cm³/mol. The SMILES string of the molecule is Cc1nn(C)c(Cl)c1CC1(O)CCCC(C(C)(C)C)CC1. The lowest BCUT2D eigenvalue weighted by molar-refractivity contribution is 0.0224. The largest absolute Gasteiger partial charge is 0.390 e. The molecular weight excluding hydrogens is 284 g/mol. The van der Waals surface area contributed by atoms with Gasteiger partial charge in [0.15, 0.2) is 0 Å². The summed E-state index contributed by atoms with van der Waals surface area (Å²) in [5, 5.41) is 16.1. The Kier molecular flexibility index (Phi) is 4.75. The average molecular weight is 313 g/mol. The molecule has 1 aromatic rings. The summed E-state index contributed by atoms with van der Waals surface area (Å²) >= 11 is 6.33. The molecule has 0 amide bonds. The van der Waals surface area contributed by atoms with Crippen LogP contribution in [0, 0.1) is 18.3 Å². The van der Waals surface area contributed by atoms with Crippen LogP contribution < -0.4 is 0 Å². The molecule has 0 bridgehead atoms. The van der Waals surface area contributed by atoms with E-state index < -0.39 is 5.60 Å². The minimum atomic E-state index is -0.628. The topological polar surface area (TPSA) is 38.0 Å². The zero-order chi connectivity index (χ0) is 15.8. The Labute approximate surface area is 133 Å². The molecule has 2 rings (SSSR count). The standard InChI is InChI=1S/C17H29ClN2O/c1-12-14(15(18)20(5)19-12)11-17(21)9-6-7-13(8-10-17)16(2,3)4/h13,21H,6-11H2,1-5H3. The summed E-state index contributed by atoms with van der Waals surface area (Å²) in [4.78, 5) is 0. The summed E-state index contributed by atoms with van der Waals surface area (Å²) in [5.74, 6) is 0.692. The Hall–Kier alpha value is -0.540. The van der Waals surface area contributed by atoms with Crippen LogP contribution in [-0.2, 0) is 13.5 Å². The van der Waals surface area contributed by atoms with Gasteiger partial charge in [-0.25, -0.2) is 0 Å². The van der Waals surface area contributed by atoms with Crippen molar-refractivity contribution in [2.45, 2.75) is 71.8 Å². The Morgan fingerprint density at radius 3 is 2.52 bits per heavy atom. The molecule has 2 unspecified atom stereocenters. The highest BCUT2D eigenvalue weighted by Crippen LogP contribution is 2.41. The Morgan fingerprint density at radius 1 is 1.33 bits per heavy atom. The fraction of sp³-hybridized carbons (Fsp3) is 0.824. The molecule has 0 spiro atoms. The van der Waals surface area contributed by atoms with Gasteiger partial charge in [-0.3, -0.25) is 4.68 Å². The van der Waals surface area contributed by atoms with E-state index in [1.54, 1.807) is 4.68 Å². The summed E-state index contributed by atoms with van der Waals surface area (Å²) in [6.07, 6.45) is 5.75. The molecule has 1 N–H and O–H groups in total. The van der Waals surface area contributed by atoms with E-state index in [9.17, 15) is 5.11 Å². The third-order valence-corrected chi connectivity index (χ3v) is 5.63. The van der Waals surface area contributed by atoms with E-state index in [1.807, 2.05) is 14.0 Å². The fourth-order valence-corrected chi connectivity index (χ4v) is 3.88. The number of hydrogen-bond donors (Lipinski definition) is 1. The van der Waals surface area contributed by atoms with E-state index in [0.29, 0.717) is 22.9 Å². The zero-order valence-corrected chi connectivity index (χ0v) is 14.8. The molecule has 120 valence electrons. The van der Waals surface area contributed by atoms with Gasteiger partial charge in [0, 0.05) is 19.0 Å². The quantitative estimate of drug-likeness (QED) is 0.828. The molecule has 1 aliphatic rings. The number of rotatable bonds is 2. The molecule has 4 heteroatoms. The summed E-state index contributed by atoms with van der Waals surface area (Å²) in [7, 11) is 1.85. The normalized spacial score (nSPS) is 27.7. The Balaban J connectivity index is 2.12. The monoisotopic (exact) mass is 312 g/mol. The van der Waals surface area contributed by atoms with Gasteiger partial charge in [0.1, 0.15) is 5.15 Å². The summed E-state index contributed by atoms with van der Waals surface area (Å²) in [6.45, 7) is 8.90. The number of aryl methyl sites for hydroxylation is 2. The fourth-order valence-electron chi connectivity index (χ4n) is 3.64. The first kappa shape index (κ1) is 16.8. The molecule has 0 aliphatic heterocycles.